The molecule has 5 rings (SSSR count). The first-order chi connectivity index (χ1) is 15.9. The van der Waals surface area contributed by atoms with Gasteiger partial charge in [0.2, 0.25) is 0 Å². The van der Waals surface area contributed by atoms with Gasteiger partial charge in [-0.2, -0.15) is 0 Å². The van der Waals surface area contributed by atoms with E-state index < -0.39 is 10.0 Å². The molecule has 0 bridgehead atoms. The highest BCUT2D eigenvalue weighted by Crippen LogP contribution is 2.50. The van der Waals surface area contributed by atoms with Crippen molar-refractivity contribution in [2.75, 3.05) is 16.6 Å². The van der Waals surface area contributed by atoms with Crippen LogP contribution in [-0.2, 0) is 10.0 Å². The van der Waals surface area contributed by atoms with Crippen LogP contribution < -0.4 is 14.8 Å². The van der Waals surface area contributed by atoms with Gasteiger partial charge >= 0.3 is 0 Å². The summed E-state index contributed by atoms with van der Waals surface area (Å²) < 4.78 is 34.5. The number of ether oxygens (including phenoxy) is 1. The van der Waals surface area contributed by atoms with Crippen LogP contribution in [0.2, 0.25) is 0 Å². The van der Waals surface area contributed by atoms with Crippen molar-refractivity contribution in [1.82, 2.24) is 0 Å². The second-order valence-corrected chi connectivity index (χ2v) is 10.4. The van der Waals surface area contributed by atoms with Gasteiger partial charge in [-0.3, -0.25) is 4.72 Å². The number of fused-ring (bicyclic) bond motifs is 3. The zero-order valence-electron chi connectivity index (χ0n) is 18.8. The van der Waals surface area contributed by atoms with E-state index in [1.807, 2.05) is 56.3 Å². The molecule has 3 aromatic carbocycles. The Labute approximate surface area is 195 Å². The number of hydrogen-bond donors (Lipinski definition) is 2. The van der Waals surface area contributed by atoms with Gasteiger partial charge in [0.05, 0.1) is 17.5 Å². The second kappa shape index (κ2) is 8.60. The van der Waals surface area contributed by atoms with Crippen molar-refractivity contribution in [2.45, 2.75) is 37.1 Å². The van der Waals surface area contributed by atoms with Gasteiger partial charge in [0.25, 0.3) is 10.0 Å². The Hall–Kier alpha value is -3.25. The fourth-order valence-corrected chi connectivity index (χ4v) is 6.01. The van der Waals surface area contributed by atoms with Crippen LogP contribution in [0.4, 0.5) is 11.4 Å². The largest absolute Gasteiger partial charge is 0.494 e. The van der Waals surface area contributed by atoms with Crippen molar-refractivity contribution in [3.8, 4) is 5.75 Å². The zero-order chi connectivity index (χ0) is 23.0. The number of allylic oxidation sites excluding steroid dienone is 2. The van der Waals surface area contributed by atoms with Gasteiger partial charge in [0.15, 0.2) is 0 Å². The van der Waals surface area contributed by atoms with E-state index in [2.05, 4.69) is 34.3 Å². The maximum Gasteiger partial charge on any atom is 0.261 e. The molecule has 0 saturated carbocycles. The van der Waals surface area contributed by atoms with E-state index in [0.29, 0.717) is 18.2 Å². The van der Waals surface area contributed by atoms with Gasteiger partial charge < -0.3 is 10.1 Å². The van der Waals surface area contributed by atoms with Crippen molar-refractivity contribution in [1.29, 1.82) is 0 Å². The molecule has 0 amide bonds. The van der Waals surface area contributed by atoms with Gasteiger partial charge in [0, 0.05) is 17.3 Å². The summed E-state index contributed by atoms with van der Waals surface area (Å²) >= 11 is 0. The Morgan fingerprint density at radius 1 is 1.06 bits per heavy atom. The van der Waals surface area contributed by atoms with Gasteiger partial charge in [-0.15, -0.1) is 0 Å². The third-order valence-electron chi connectivity index (χ3n) is 6.47. The quantitative estimate of drug-likeness (QED) is 0.441. The van der Waals surface area contributed by atoms with Crippen LogP contribution in [0.15, 0.2) is 83.8 Å². The first-order valence-corrected chi connectivity index (χ1v) is 12.8. The summed E-state index contributed by atoms with van der Waals surface area (Å²) in [6.07, 6.45) is 5.38. The van der Waals surface area contributed by atoms with Crippen molar-refractivity contribution >= 4 is 21.4 Å². The average molecular weight is 461 g/mol. The van der Waals surface area contributed by atoms with Crippen LogP contribution in [0.3, 0.4) is 0 Å². The molecule has 0 unspecified atom stereocenters. The molecule has 3 atom stereocenters. The van der Waals surface area contributed by atoms with E-state index in [0.717, 1.165) is 29.0 Å². The van der Waals surface area contributed by atoms with E-state index in [4.69, 9.17) is 4.74 Å². The van der Waals surface area contributed by atoms with Gasteiger partial charge in [0.1, 0.15) is 5.75 Å². The molecular formula is C27H28N2O3S. The third kappa shape index (κ3) is 4.23. The summed E-state index contributed by atoms with van der Waals surface area (Å²) in [6.45, 7) is 4.57. The highest BCUT2D eigenvalue weighted by Gasteiger charge is 2.38. The Balaban J connectivity index is 1.45. The molecule has 33 heavy (non-hydrogen) atoms. The predicted molar refractivity (Wildman–Crippen MR) is 132 cm³/mol. The summed E-state index contributed by atoms with van der Waals surface area (Å²) in [7, 11) is -3.68. The lowest BCUT2D eigenvalue weighted by Gasteiger charge is -2.37. The summed E-state index contributed by atoms with van der Waals surface area (Å²) in [6, 6.07) is 21.2. The molecule has 2 aliphatic rings. The highest BCUT2D eigenvalue weighted by molar-refractivity contribution is 7.92. The van der Waals surface area contributed by atoms with E-state index in [9.17, 15) is 8.42 Å². The first-order valence-electron chi connectivity index (χ1n) is 11.3. The van der Waals surface area contributed by atoms with Crippen molar-refractivity contribution in [3.05, 3.63) is 95.6 Å². The summed E-state index contributed by atoms with van der Waals surface area (Å²) in [5.41, 5.74) is 4.80. The van der Waals surface area contributed by atoms with Crippen LogP contribution >= 0.6 is 0 Å². The lowest BCUT2D eigenvalue weighted by molar-refractivity contribution is 0.340. The normalized spacial score (nSPS) is 21.1. The lowest BCUT2D eigenvalue weighted by atomic mass is 9.77. The SMILES string of the molecule is CCOc1ccc([C@H]2Nc3ccc(S(=O)(=O)Nc4cccc(C)c4)cc3[C@H]3C=CC[C@H]32)cc1. The molecule has 1 aliphatic heterocycles. The third-order valence-corrected chi connectivity index (χ3v) is 7.84. The van der Waals surface area contributed by atoms with E-state index in [1.54, 1.807) is 12.1 Å². The molecule has 1 heterocycles. The van der Waals surface area contributed by atoms with Gasteiger partial charge in [-0.05, 0) is 85.3 Å². The topological polar surface area (TPSA) is 67.4 Å². The molecule has 6 heteroatoms. The van der Waals surface area contributed by atoms with E-state index >= 15 is 0 Å². The minimum absolute atomic E-state index is 0.154. The monoisotopic (exact) mass is 460 g/mol. The van der Waals surface area contributed by atoms with Crippen LogP contribution in [0.25, 0.3) is 0 Å². The molecule has 0 saturated heterocycles. The van der Waals surface area contributed by atoms with Crippen molar-refractivity contribution in [3.63, 3.8) is 0 Å². The Morgan fingerprint density at radius 3 is 2.64 bits per heavy atom. The number of sulfonamides is 1. The number of benzene rings is 3. The molecule has 0 radical (unpaired) electrons. The van der Waals surface area contributed by atoms with Gasteiger partial charge in [-0.25, -0.2) is 8.42 Å². The molecular weight excluding hydrogens is 432 g/mol. The Kier molecular flexibility index (Phi) is 5.62. The first kappa shape index (κ1) is 21.6. The molecule has 0 spiro atoms. The molecule has 1 aliphatic carbocycles. The molecule has 2 N–H and O–H groups in total. The lowest BCUT2D eigenvalue weighted by Crippen LogP contribution is -2.29. The van der Waals surface area contributed by atoms with Crippen molar-refractivity contribution < 1.29 is 13.2 Å². The smallest absolute Gasteiger partial charge is 0.261 e. The van der Waals surface area contributed by atoms with Crippen LogP contribution in [-0.4, -0.2) is 15.0 Å². The van der Waals surface area contributed by atoms with Crippen LogP contribution in [0.5, 0.6) is 5.75 Å². The average Bonchev–Trinajstić information content (AvgIpc) is 3.29. The molecule has 170 valence electrons. The van der Waals surface area contributed by atoms with Crippen LogP contribution in [0, 0.1) is 12.8 Å². The number of rotatable bonds is 6. The maximum absolute atomic E-state index is 13.1. The summed E-state index contributed by atoms with van der Waals surface area (Å²) in [4.78, 5) is 0.281. The second-order valence-electron chi connectivity index (χ2n) is 8.70. The summed E-state index contributed by atoms with van der Waals surface area (Å²) in [5.74, 6) is 1.37. The molecule has 0 aromatic heterocycles. The predicted octanol–water partition coefficient (Wildman–Crippen LogP) is 6.02. The number of anilines is 2. The minimum atomic E-state index is -3.68. The summed E-state index contributed by atoms with van der Waals surface area (Å²) in [5, 5.41) is 3.68. The highest BCUT2D eigenvalue weighted by atomic mass is 32.2. The van der Waals surface area contributed by atoms with Crippen LogP contribution in [0.1, 0.15) is 42.0 Å². The number of nitrogens with one attached hydrogen (secondary N) is 2. The maximum atomic E-state index is 13.1. The fourth-order valence-electron chi connectivity index (χ4n) is 4.93. The molecule has 0 fully saturated rings. The molecule has 5 nitrogen and oxygen atoms in total. The fraction of sp³-hybridized carbons (Fsp3) is 0.259. The number of hydrogen-bond acceptors (Lipinski definition) is 4. The Morgan fingerprint density at radius 2 is 1.88 bits per heavy atom. The van der Waals surface area contributed by atoms with Gasteiger partial charge in [-0.1, -0.05) is 36.4 Å². The minimum Gasteiger partial charge on any atom is -0.494 e. The van der Waals surface area contributed by atoms with E-state index in [-0.39, 0.29) is 16.9 Å². The zero-order valence-corrected chi connectivity index (χ0v) is 19.6. The standard InChI is InChI=1S/C27H28N2O3S/c1-3-32-21-12-10-19(11-13-21)27-24-9-5-8-23(24)25-17-22(14-15-26(25)28-27)33(30,31)29-20-7-4-6-18(2)16-20/h4-8,10-17,23-24,27-29H,3,9H2,1-2H3/t23-,24+,27+/m0/s1. The van der Waals surface area contributed by atoms with Crippen molar-refractivity contribution in [2.24, 2.45) is 5.92 Å². The Bertz CT molecular complexity index is 1300. The van der Waals surface area contributed by atoms with E-state index in [1.165, 1.54) is 5.56 Å². The molecule has 3 aromatic rings. The number of aryl methyl sites for hydroxylation is 1.